The van der Waals surface area contributed by atoms with Crippen molar-refractivity contribution in [3.8, 4) is 5.88 Å². The third kappa shape index (κ3) is 5.62. The van der Waals surface area contributed by atoms with Gasteiger partial charge in [0, 0.05) is 25.2 Å². The number of urea groups is 1. The van der Waals surface area contributed by atoms with Crippen LogP contribution in [0.2, 0.25) is 0 Å². The third-order valence-electron chi connectivity index (χ3n) is 4.17. The number of aryl methyl sites for hydroxylation is 1. The number of ether oxygens (including phenoxy) is 2. The zero-order chi connectivity index (χ0) is 20.8. The molecule has 0 saturated carbocycles. The van der Waals surface area contributed by atoms with E-state index in [9.17, 15) is 19.1 Å². The summed E-state index contributed by atoms with van der Waals surface area (Å²) < 4.78 is 28.8. The minimum atomic E-state index is -1.31. The monoisotopic (exact) mass is 424 g/mol. The van der Waals surface area contributed by atoms with E-state index in [0.29, 0.717) is 13.2 Å². The fourth-order valence-electron chi connectivity index (χ4n) is 2.67. The highest BCUT2D eigenvalue weighted by molar-refractivity contribution is 7.11. The van der Waals surface area contributed by atoms with Gasteiger partial charge in [-0.05, 0) is 30.1 Å². The molecule has 1 aliphatic rings. The molecule has 1 atom stereocenters. The van der Waals surface area contributed by atoms with Crippen LogP contribution in [0.25, 0.3) is 0 Å². The van der Waals surface area contributed by atoms with Crippen molar-refractivity contribution >= 4 is 28.5 Å². The number of aromatic nitrogens is 1. The molecule has 2 amide bonds. The maximum atomic E-state index is 13.9. The van der Waals surface area contributed by atoms with Gasteiger partial charge < -0.3 is 25.2 Å². The molecule has 1 aromatic carbocycles. The van der Waals surface area contributed by atoms with Crippen molar-refractivity contribution in [1.82, 2.24) is 15.0 Å². The number of nitrogens with zero attached hydrogens (tertiary/aromatic N) is 1. The predicted octanol–water partition coefficient (Wildman–Crippen LogP) is 1.98. The highest BCUT2D eigenvalue weighted by Crippen LogP contribution is 2.31. The number of rotatable bonds is 7. The lowest BCUT2D eigenvalue weighted by molar-refractivity contribution is 0.0310. The van der Waals surface area contributed by atoms with E-state index < -0.39 is 17.8 Å². The predicted molar refractivity (Wildman–Crippen MR) is 104 cm³/mol. The number of aromatic carboxylic acids is 1. The fraction of sp³-hybridized carbons (Fsp3) is 0.389. The van der Waals surface area contributed by atoms with E-state index in [1.165, 1.54) is 6.07 Å². The topological polar surface area (TPSA) is 122 Å². The maximum absolute atomic E-state index is 13.9. The molecule has 2 aromatic rings. The van der Waals surface area contributed by atoms with Crippen molar-refractivity contribution in [2.75, 3.05) is 31.6 Å². The number of halogens is 1. The van der Waals surface area contributed by atoms with E-state index >= 15 is 0 Å². The number of carbonyl (C=O) groups is 2. The second kappa shape index (κ2) is 9.63. The minimum absolute atomic E-state index is 0.0251. The van der Waals surface area contributed by atoms with Crippen LogP contribution in [0, 0.1) is 12.7 Å². The molecular weight excluding hydrogens is 403 g/mol. The quantitative estimate of drug-likeness (QED) is 0.536. The molecule has 2 heterocycles. The van der Waals surface area contributed by atoms with E-state index in [0.717, 1.165) is 23.6 Å². The summed E-state index contributed by atoms with van der Waals surface area (Å²) in [6.45, 7) is 3.80. The van der Waals surface area contributed by atoms with Crippen molar-refractivity contribution in [3.63, 3.8) is 0 Å². The van der Waals surface area contributed by atoms with Crippen LogP contribution in [0.5, 0.6) is 5.88 Å². The first-order valence-corrected chi connectivity index (χ1v) is 9.69. The average molecular weight is 424 g/mol. The summed E-state index contributed by atoms with van der Waals surface area (Å²) in [4.78, 5) is 23.7. The number of carboxylic acid groups (broad SMARTS) is 1. The number of nitrogens with one attached hydrogen (secondary N) is 3. The number of amides is 2. The Morgan fingerprint density at radius 3 is 3.00 bits per heavy atom. The number of morpholine rings is 1. The first-order valence-electron chi connectivity index (χ1n) is 8.92. The van der Waals surface area contributed by atoms with E-state index in [-0.39, 0.29) is 41.3 Å². The van der Waals surface area contributed by atoms with Crippen molar-refractivity contribution in [3.05, 3.63) is 40.7 Å². The smallest absolute Gasteiger partial charge is 0.344 e. The molecule has 1 fully saturated rings. The molecule has 0 spiro atoms. The van der Waals surface area contributed by atoms with Gasteiger partial charge in [0.05, 0.1) is 12.7 Å². The number of hydrogen-bond donors (Lipinski definition) is 4. The number of carbonyl (C=O) groups excluding carboxylic acids is 1. The Morgan fingerprint density at radius 1 is 1.48 bits per heavy atom. The molecule has 0 bridgehead atoms. The molecule has 156 valence electrons. The second-order valence-electron chi connectivity index (χ2n) is 6.41. The molecule has 0 aliphatic carbocycles. The zero-order valence-corrected chi connectivity index (χ0v) is 16.5. The summed E-state index contributed by atoms with van der Waals surface area (Å²) in [5.74, 6) is -1.94. The van der Waals surface area contributed by atoms with Gasteiger partial charge in [0.15, 0.2) is 5.56 Å². The minimum Gasteiger partial charge on any atom is -0.477 e. The van der Waals surface area contributed by atoms with E-state index in [2.05, 4.69) is 20.3 Å². The Kier molecular flexibility index (Phi) is 6.96. The first-order chi connectivity index (χ1) is 13.9. The van der Waals surface area contributed by atoms with Crippen LogP contribution in [0.3, 0.4) is 0 Å². The zero-order valence-electron chi connectivity index (χ0n) is 15.7. The van der Waals surface area contributed by atoms with Crippen molar-refractivity contribution in [2.24, 2.45) is 0 Å². The van der Waals surface area contributed by atoms with Gasteiger partial charge in [-0.25, -0.2) is 14.0 Å². The Bertz CT molecular complexity index is 885. The first kappa shape index (κ1) is 21.0. The summed E-state index contributed by atoms with van der Waals surface area (Å²) in [6.07, 6.45) is -0.154. The largest absolute Gasteiger partial charge is 0.477 e. The fourth-order valence-corrected chi connectivity index (χ4v) is 3.39. The standard InChI is InChI=1S/C18H21FN4O5S/c1-10-2-3-11(13(19)6-10)9-28-15-14(17(24)25)16(29-23-15)22-18(26)21-8-12-7-20-4-5-27-12/h2-3,6,12,20H,4-5,7-9H2,1H3,(H,24,25)(H2,21,22,26). The van der Waals surface area contributed by atoms with Gasteiger partial charge in [-0.3, -0.25) is 5.32 Å². The lowest BCUT2D eigenvalue weighted by Gasteiger charge is -2.23. The average Bonchev–Trinajstić information content (AvgIpc) is 3.09. The molecule has 4 N–H and O–H groups in total. The molecule has 3 rings (SSSR count). The molecule has 9 nitrogen and oxygen atoms in total. The highest BCUT2D eigenvalue weighted by atomic mass is 32.1. The molecular formula is C18H21FN4O5S. The molecule has 0 radical (unpaired) electrons. The molecule has 29 heavy (non-hydrogen) atoms. The number of anilines is 1. The van der Waals surface area contributed by atoms with Crippen LogP contribution >= 0.6 is 11.5 Å². The Balaban J connectivity index is 1.61. The van der Waals surface area contributed by atoms with Gasteiger partial charge in [0.2, 0.25) is 5.88 Å². The highest BCUT2D eigenvalue weighted by Gasteiger charge is 2.24. The number of carboxylic acids is 1. The van der Waals surface area contributed by atoms with Gasteiger partial charge in [-0.1, -0.05) is 12.1 Å². The normalized spacial score (nSPS) is 16.3. The summed E-state index contributed by atoms with van der Waals surface area (Å²) in [7, 11) is 0. The Morgan fingerprint density at radius 2 is 2.31 bits per heavy atom. The molecule has 11 heteroatoms. The Hall–Kier alpha value is -2.76. The summed E-state index contributed by atoms with van der Waals surface area (Å²) in [5, 5.41) is 17.7. The van der Waals surface area contributed by atoms with Crippen LogP contribution in [-0.2, 0) is 11.3 Å². The van der Waals surface area contributed by atoms with E-state index in [1.54, 1.807) is 19.1 Å². The molecule has 1 aliphatic heterocycles. The van der Waals surface area contributed by atoms with Gasteiger partial charge in [-0.15, -0.1) is 0 Å². The molecule has 1 aromatic heterocycles. The number of hydrogen-bond acceptors (Lipinski definition) is 7. The summed E-state index contributed by atoms with van der Waals surface area (Å²) in [6, 6.07) is 4.07. The summed E-state index contributed by atoms with van der Waals surface area (Å²) >= 11 is 0.771. The van der Waals surface area contributed by atoms with E-state index in [1.807, 2.05) is 0 Å². The lowest BCUT2D eigenvalue weighted by Crippen LogP contribution is -2.46. The van der Waals surface area contributed by atoms with Gasteiger partial charge in [0.1, 0.15) is 17.4 Å². The lowest BCUT2D eigenvalue weighted by atomic mass is 10.1. The van der Waals surface area contributed by atoms with E-state index in [4.69, 9.17) is 9.47 Å². The van der Waals surface area contributed by atoms with Gasteiger partial charge in [-0.2, -0.15) is 4.37 Å². The molecule has 1 saturated heterocycles. The van der Waals surface area contributed by atoms with Crippen LogP contribution in [-0.4, -0.2) is 53.8 Å². The van der Waals surface area contributed by atoms with Crippen molar-refractivity contribution in [2.45, 2.75) is 19.6 Å². The second-order valence-corrected chi connectivity index (χ2v) is 7.19. The van der Waals surface area contributed by atoms with Crippen molar-refractivity contribution in [1.29, 1.82) is 0 Å². The maximum Gasteiger partial charge on any atom is 0.344 e. The number of benzene rings is 1. The third-order valence-corrected chi connectivity index (χ3v) is 4.92. The summed E-state index contributed by atoms with van der Waals surface area (Å²) in [5.41, 5.74) is 0.750. The van der Waals surface area contributed by atoms with Crippen LogP contribution < -0.4 is 20.7 Å². The molecule has 1 unspecified atom stereocenters. The van der Waals surface area contributed by atoms with Crippen LogP contribution in [0.1, 0.15) is 21.5 Å². The SMILES string of the molecule is Cc1ccc(COc2nsc(NC(=O)NCC3CNCCO3)c2C(=O)O)c(F)c1. The van der Waals surface area contributed by atoms with Crippen LogP contribution in [0.15, 0.2) is 18.2 Å². The van der Waals surface area contributed by atoms with Gasteiger partial charge in [0.25, 0.3) is 0 Å². The van der Waals surface area contributed by atoms with Crippen molar-refractivity contribution < 1.29 is 28.6 Å². The van der Waals surface area contributed by atoms with Gasteiger partial charge >= 0.3 is 12.0 Å². The Labute approximate surface area is 170 Å². The van der Waals surface area contributed by atoms with Crippen LogP contribution in [0.4, 0.5) is 14.2 Å².